The summed E-state index contributed by atoms with van der Waals surface area (Å²) in [6.07, 6.45) is 2.39. The number of rotatable bonds is 4. The molecule has 1 aliphatic heterocycles. The average Bonchev–Trinajstić information content (AvgIpc) is 2.79. The number of nitrogens with zero attached hydrogens (tertiary/aromatic N) is 2. The van der Waals surface area contributed by atoms with E-state index in [9.17, 15) is 0 Å². The fourth-order valence-electron chi connectivity index (χ4n) is 2.78. The highest BCUT2D eigenvalue weighted by Crippen LogP contribution is 2.14. The van der Waals surface area contributed by atoms with Crippen LogP contribution in [0.4, 0.5) is 0 Å². The first-order valence-corrected chi connectivity index (χ1v) is 7.19. The van der Waals surface area contributed by atoms with Gasteiger partial charge in [0.05, 0.1) is 11.0 Å². The van der Waals surface area contributed by atoms with Gasteiger partial charge in [-0.05, 0) is 44.0 Å². The smallest absolute Gasteiger partial charge is 0.104 e. The first-order chi connectivity index (χ1) is 9.31. The number of benzene rings is 1. The maximum atomic E-state index is 4.44. The number of fused-ring (bicyclic) bond motifs is 1. The van der Waals surface area contributed by atoms with Crippen LogP contribution in [-0.2, 0) is 6.42 Å². The van der Waals surface area contributed by atoms with E-state index < -0.39 is 0 Å². The molecule has 1 saturated heterocycles. The Morgan fingerprint density at radius 1 is 1.26 bits per heavy atom. The lowest BCUT2D eigenvalue weighted by Gasteiger charge is -2.27. The van der Waals surface area contributed by atoms with Gasteiger partial charge in [-0.2, -0.15) is 0 Å². The average molecular weight is 258 g/mol. The second-order valence-electron chi connectivity index (χ2n) is 5.37. The highest BCUT2D eigenvalue weighted by Gasteiger charge is 2.08. The lowest BCUT2D eigenvalue weighted by Crippen LogP contribution is -2.43. The molecule has 102 valence electrons. The van der Waals surface area contributed by atoms with Crippen molar-refractivity contribution in [1.82, 2.24) is 20.2 Å². The number of piperazine rings is 1. The monoisotopic (exact) mass is 258 g/mol. The van der Waals surface area contributed by atoms with Crippen LogP contribution in [0.3, 0.4) is 0 Å². The molecule has 0 bridgehead atoms. The number of H-pyrrole nitrogens is 1. The molecule has 0 amide bonds. The van der Waals surface area contributed by atoms with Gasteiger partial charge in [0.2, 0.25) is 0 Å². The lowest BCUT2D eigenvalue weighted by atomic mass is 10.1. The van der Waals surface area contributed by atoms with Gasteiger partial charge in [-0.25, -0.2) is 4.98 Å². The zero-order valence-electron chi connectivity index (χ0n) is 11.6. The summed E-state index contributed by atoms with van der Waals surface area (Å²) in [5, 5.41) is 3.39. The molecule has 1 aromatic carbocycles. The molecule has 19 heavy (non-hydrogen) atoms. The number of nitrogens with one attached hydrogen (secondary N) is 2. The molecule has 2 N–H and O–H groups in total. The summed E-state index contributed by atoms with van der Waals surface area (Å²) in [6, 6.07) is 6.58. The standard InChI is InChI=1S/C15H22N4/c1-12-17-14-5-4-13(11-15(14)18-12)3-2-8-19-9-6-16-7-10-19/h4-5,11,16H,2-3,6-10H2,1H3,(H,17,18). The summed E-state index contributed by atoms with van der Waals surface area (Å²) in [7, 11) is 0. The molecule has 1 aromatic heterocycles. The van der Waals surface area contributed by atoms with Crippen molar-refractivity contribution in [2.24, 2.45) is 0 Å². The van der Waals surface area contributed by atoms with Crippen molar-refractivity contribution in [3.8, 4) is 0 Å². The van der Waals surface area contributed by atoms with Crippen molar-refractivity contribution in [2.45, 2.75) is 19.8 Å². The molecule has 0 atom stereocenters. The first-order valence-electron chi connectivity index (χ1n) is 7.19. The summed E-state index contributed by atoms with van der Waals surface area (Å²) >= 11 is 0. The van der Waals surface area contributed by atoms with Crippen LogP contribution in [0.5, 0.6) is 0 Å². The van der Waals surface area contributed by atoms with E-state index in [4.69, 9.17) is 0 Å². The van der Waals surface area contributed by atoms with Crippen LogP contribution in [0, 0.1) is 6.92 Å². The normalized spacial score (nSPS) is 17.1. The molecule has 2 heterocycles. The SMILES string of the molecule is Cc1nc2ccc(CCCN3CCNCC3)cc2[nH]1. The lowest BCUT2D eigenvalue weighted by molar-refractivity contribution is 0.238. The molecule has 1 aliphatic rings. The first kappa shape index (κ1) is 12.6. The zero-order chi connectivity index (χ0) is 13.1. The summed E-state index contributed by atoms with van der Waals surface area (Å²) in [5.41, 5.74) is 3.65. The van der Waals surface area contributed by atoms with Crippen LogP contribution in [0.1, 0.15) is 17.8 Å². The quantitative estimate of drug-likeness (QED) is 0.877. The van der Waals surface area contributed by atoms with Gasteiger partial charge in [-0.1, -0.05) is 6.07 Å². The molecule has 0 radical (unpaired) electrons. The number of aromatic nitrogens is 2. The van der Waals surface area contributed by atoms with Crippen LogP contribution < -0.4 is 5.32 Å². The second-order valence-corrected chi connectivity index (χ2v) is 5.37. The maximum Gasteiger partial charge on any atom is 0.104 e. The Balaban J connectivity index is 1.55. The number of aromatic amines is 1. The molecule has 0 aliphatic carbocycles. The van der Waals surface area contributed by atoms with Gasteiger partial charge < -0.3 is 15.2 Å². The van der Waals surface area contributed by atoms with Gasteiger partial charge in [0, 0.05) is 26.2 Å². The van der Waals surface area contributed by atoms with Gasteiger partial charge in [0.25, 0.3) is 0 Å². The summed E-state index contributed by atoms with van der Waals surface area (Å²) in [4.78, 5) is 10.3. The third-order valence-electron chi connectivity index (χ3n) is 3.81. The molecular formula is C15H22N4. The number of imidazole rings is 1. The minimum atomic E-state index is 0.993. The Morgan fingerprint density at radius 3 is 2.95 bits per heavy atom. The minimum absolute atomic E-state index is 0.993. The Kier molecular flexibility index (Phi) is 3.80. The van der Waals surface area contributed by atoms with E-state index in [1.165, 1.54) is 31.6 Å². The van der Waals surface area contributed by atoms with Crippen LogP contribution >= 0.6 is 0 Å². The number of hydrogen-bond donors (Lipinski definition) is 2. The topological polar surface area (TPSA) is 44.0 Å². The number of aryl methyl sites for hydroxylation is 2. The Bertz CT molecular complexity index is 540. The highest BCUT2D eigenvalue weighted by molar-refractivity contribution is 5.75. The molecule has 1 fully saturated rings. The van der Waals surface area contributed by atoms with Crippen molar-refractivity contribution in [3.05, 3.63) is 29.6 Å². The van der Waals surface area contributed by atoms with Crippen LogP contribution in [0.2, 0.25) is 0 Å². The summed E-state index contributed by atoms with van der Waals surface area (Å²) in [5.74, 6) is 0.993. The minimum Gasteiger partial charge on any atom is -0.342 e. The predicted octanol–water partition coefficient (Wildman–Crippen LogP) is 1.71. The third kappa shape index (κ3) is 3.14. The molecular weight excluding hydrogens is 236 g/mol. The Labute approximate surface area is 114 Å². The van der Waals surface area contributed by atoms with Gasteiger partial charge in [0.15, 0.2) is 0 Å². The van der Waals surface area contributed by atoms with Crippen LogP contribution in [-0.4, -0.2) is 47.6 Å². The molecule has 0 unspecified atom stereocenters. The van der Waals surface area contributed by atoms with Gasteiger partial charge in [-0.15, -0.1) is 0 Å². The maximum absolute atomic E-state index is 4.44. The van der Waals surface area contributed by atoms with Crippen molar-refractivity contribution in [3.63, 3.8) is 0 Å². The van der Waals surface area contributed by atoms with E-state index in [-0.39, 0.29) is 0 Å². The molecule has 4 heteroatoms. The third-order valence-corrected chi connectivity index (χ3v) is 3.81. The highest BCUT2D eigenvalue weighted by atomic mass is 15.2. The Morgan fingerprint density at radius 2 is 2.11 bits per heavy atom. The van der Waals surface area contributed by atoms with Crippen molar-refractivity contribution in [2.75, 3.05) is 32.7 Å². The fourth-order valence-corrected chi connectivity index (χ4v) is 2.78. The predicted molar refractivity (Wildman–Crippen MR) is 78.5 cm³/mol. The Hall–Kier alpha value is -1.39. The van der Waals surface area contributed by atoms with Crippen LogP contribution in [0.25, 0.3) is 11.0 Å². The molecule has 2 aromatic rings. The van der Waals surface area contributed by atoms with Gasteiger partial charge >= 0.3 is 0 Å². The van der Waals surface area contributed by atoms with E-state index in [1.807, 2.05) is 6.92 Å². The van der Waals surface area contributed by atoms with E-state index in [0.29, 0.717) is 0 Å². The van der Waals surface area contributed by atoms with E-state index in [1.54, 1.807) is 0 Å². The molecule has 4 nitrogen and oxygen atoms in total. The fraction of sp³-hybridized carbons (Fsp3) is 0.533. The molecule has 0 saturated carbocycles. The van der Waals surface area contributed by atoms with Crippen molar-refractivity contribution < 1.29 is 0 Å². The second kappa shape index (κ2) is 5.72. The van der Waals surface area contributed by atoms with E-state index >= 15 is 0 Å². The van der Waals surface area contributed by atoms with Crippen molar-refractivity contribution >= 4 is 11.0 Å². The van der Waals surface area contributed by atoms with Crippen LogP contribution in [0.15, 0.2) is 18.2 Å². The number of hydrogen-bond acceptors (Lipinski definition) is 3. The van der Waals surface area contributed by atoms with Crippen molar-refractivity contribution in [1.29, 1.82) is 0 Å². The molecule has 0 spiro atoms. The largest absolute Gasteiger partial charge is 0.342 e. The summed E-state index contributed by atoms with van der Waals surface area (Å²) in [6.45, 7) is 7.88. The summed E-state index contributed by atoms with van der Waals surface area (Å²) < 4.78 is 0. The van der Waals surface area contributed by atoms with E-state index in [0.717, 1.165) is 36.4 Å². The molecule has 3 rings (SSSR count). The van der Waals surface area contributed by atoms with Gasteiger partial charge in [-0.3, -0.25) is 0 Å². The van der Waals surface area contributed by atoms with E-state index in [2.05, 4.69) is 38.4 Å². The van der Waals surface area contributed by atoms with Gasteiger partial charge in [0.1, 0.15) is 5.82 Å². The zero-order valence-corrected chi connectivity index (χ0v) is 11.6.